The maximum Gasteiger partial charge on any atom is 0.161 e. The van der Waals surface area contributed by atoms with Gasteiger partial charge >= 0.3 is 0 Å². The second-order valence-electron chi connectivity index (χ2n) is 6.61. The minimum Gasteiger partial charge on any atom is -0.487 e. The highest BCUT2D eigenvalue weighted by Gasteiger charge is 2.27. The number of methoxy groups -OCH3 is 2. The summed E-state index contributed by atoms with van der Waals surface area (Å²) in [6, 6.07) is 7.72. The van der Waals surface area contributed by atoms with Gasteiger partial charge in [-0.3, -0.25) is 5.10 Å². The standard InChI is InChI=1S/C21H22ClN3O4/c1-26-5-7-28-17-10-14-9-16-20(13-3-4-19(22)23-12-13)24-25-21(16)15(14)11-18(17)29-8-6-27-2/h3-4,10-12H,5-9H2,1-2H3,(H,24,25). The fourth-order valence-electron chi connectivity index (χ4n) is 3.38. The lowest BCUT2D eigenvalue weighted by Crippen LogP contribution is -2.09. The van der Waals surface area contributed by atoms with Gasteiger partial charge in [-0.2, -0.15) is 5.10 Å². The van der Waals surface area contributed by atoms with Crippen LogP contribution in [0, 0.1) is 0 Å². The van der Waals surface area contributed by atoms with Crippen LogP contribution < -0.4 is 9.47 Å². The Bertz CT molecular complexity index is 988. The predicted molar refractivity (Wildman–Crippen MR) is 110 cm³/mol. The zero-order valence-corrected chi connectivity index (χ0v) is 17.1. The van der Waals surface area contributed by atoms with Gasteiger partial charge in [-0.05, 0) is 29.8 Å². The molecule has 0 fully saturated rings. The van der Waals surface area contributed by atoms with E-state index in [9.17, 15) is 0 Å². The van der Waals surface area contributed by atoms with Crippen LogP contribution in [0.15, 0.2) is 30.5 Å². The van der Waals surface area contributed by atoms with Gasteiger partial charge in [0.05, 0.1) is 24.6 Å². The first-order valence-corrected chi connectivity index (χ1v) is 9.69. The molecule has 1 aromatic carbocycles. The zero-order chi connectivity index (χ0) is 20.2. The van der Waals surface area contributed by atoms with E-state index in [0.29, 0.717) is 43.1 Å². The topological polar surface area (TPSA) is 78.5 Å². The molecule has 8 heteroatoms. The Morgan fingerprint density at radius 3 is 2.38 bits per heavy atom. The van der Waals surface area contributed by atoms with Crippen molar-refractivity contribution >= 4 is 11.6 Å². The Hall–Kier alpha value is -2.61. The monoisotopic (exact) mass is 415 g/mol. The van der Waals surface area contributed by atoms with E-state index in [2.05, 4.69) is 15.2 Å². The van der Waals surface area contributed by atoms with Crippen molar-refractivity contribution in [3.8, 4) is 34.0 Å². The SMILES string of the molecule is COCCOc1cc2c(cc1OCCOC)-c1[nH]nc(-c3ccc(Cl)nc3)c1C2. The molecule has 2 aromatic heterocycles. The summed E-state index contributed by atoms with van der Waals surface area (Å²) in [5, 5.41) is 8.14. The lowest BCUT2D eigenvalue weighted by atomic mass is 10.1. The van der Waals surface area contributed by atoms with Crippen LogP contribution in [0.25, 0.3) is 22.5 Å². The molecule has 0 aliphatic heterocycles. The van der Waals surface area contributed by atoms with Crippen molar-refractivity contribution in [3.05, 3.63) is 46.7 Å². The molecule has 4 rings (SSSR count). The highest BCUT2D eigenvalue weighted by Crippen LogP contribution is 2.44. The number of rotatable bonds is 9. The van der Waals surface area contributed by atoms with Crippen molar-refractivity contribution in [1.82, 2.24) is 15.2 Å². The molecule has 0 saturated carbocycles. The van der Waals surface area contributed by atoms with E-state index in [-0.39, 0.29) is 0 Å². The molecule has 7 nitrogen and oxygen atoms in total. The van der Waals surface area contributed by atoms with Gasteiger partial charge < -0.3 is 18.9 Å². The van der Waals surface area contributed by atoms with Crippen molar-refractivity contribution in [3.63, 3.8) is 0 Å². The van der Waals surface area contributed by atoms with Crippen molar-refractivity contribution in [2.24, 2.45) is 0 Å². The molecule has 2 heterocycles. The van der Waals surface area contributed by atoms with Crippen LogP contribution in [-0.2, 0) is 15.9 Å². The zero-order valence-electron chi connectivity index (χ0n) is 16.3. The number of hydrogen-bond donors (Lipinski definition) is 1. The summed E-state index contributed by atoms with van der Waals surface area (Å²) in [4.78, 5) is 4.17. The number of ether oxygens (including phenoxy) is 4. The van der Waals surface area contributed by atoms with Crippen LogP contribution in [0.5, 0.6) is 11.5 Å². The van der Waals surface area contributed by atoms with E-state index in [1.807, 2.05) is 18.2 Å². The molecule has 0 unspecified atom stereocenters. The van der Waals surface area contributed by atoms with Gasteiger partial charge in [-0.15, -0.1) is 0 Å². The average molecular weight is 416 g/mol. The van der Waals surface area contributed by atoms with E-state index in [0.717, 1.165) is 40.1 Å². The van der Waals surface area contributed by atoms with Crippen LogP contribution in [-0.4, -0.2) is 55.8 Å². The molecule has 1 N–H and O–H groups in total. The van der Waals surface area contributed by atoms with Gasteiger partial charge in [0.2, 0.25) is 0 Å². The van der Waals surface area contributed by atoms with E-state index in [1.165, 1.54) is 0 Å². The second kappa shape index (κ2) is 8.82. The third kappa shape index (κ3) is 4.07. The smallest absolute Gasteiger partial charge is 0.161 e. The maximum atomic E-state index is 5.92. The predicted octanol–water partition coefficient (Wildman–Crippen LogP) is 3.75. The van der Waals surface area contributed by atoms with Crippen molar-refractivity contribution in [2.45, 2.75) is 6.42 Å². The van der Waals surface area contributed by atoms with E-state index in [1.54, 1.807) is 26.5 Å². The number of nitrogens with zero attached hydrogens (tertiary/aromatic N) is 2. The van der Waals surface area contributed by atoms with E-state index in [4.69, 9.17) is 30.5 Å². The number of aromatic nitrogens is 3. The number of pyridine rings is 1. The summed E-state index contributed by atoms with van der Waals surface area (Å²) in [7, 11) is 3.29. The molecule has 0 radical (unpaired) electrons. The van der Waals surface area contributed by atoms with Crippen LogP contribution >= 0.6 is 11.6 Å². The van der Waals surface area contributed by atoms with Gasteiger partial charge in [0.25, 0.3) is 0 Å². The van der Waals surface area contributed by atoms with Crippen molar-refractivity contribution in [1.29, 1.82) is 0 Å². The summed E-state index contributed by atoms with van der Waals surface area (Å²) in [6.45, 7) is 1.89. The lowest BCUT2D eigenvalue weighted by Gasteiger charge is -2.14. The molecular weight excluding hydrogens is 394 g/mol. The molecule has 0 spiro atoms. The number of aromatic amines is 1. The Labute approximate surface area is 173 Å². The van der Waals surface area contributed by atoms with Crippen LogP contribution in [0.2, 0.25) is 5.15 Å². The summed E-state index contributed by atoms with van der Waals surface area (Å²) < 4.78 is 22.0. The van der Waals surface area contributed by atoms with Crippen LogP contribution in [0.1, 0.15) is 11.1 Å². The Morgan fingerprint density at radius 2 is 1.72 bits per heavy atom. The molecule has 0 amide bonds. The average Bonchev–Trinajstić information content (AvgIpc) is 3.28. The van der Waals surface area contributed by atoms with Crippen LogP contribution in [0.3, 0.4) is 0 Å². The minimum atomic E-state index is 0.438. The minimum absolute atomic E-state index is 0.438. The number of halogens is 1. The van der Waals surface area contributed by atoms with Crippen LogP contribution in [0.4, 0.5) is 0 Å². The molecule has 0 saturated heterocycles. The Kier molecular flexibility index (Phi) is 5.99. The lowest BCUT2D eigenvalue weighted by molar-refractivity contribution is 0.132. The fourth-order valence-corrected chi connectivity index (χ4v) is 3.49. The number of fused-ring (bicyclic) bond motifs is 3. The first kappa shape index (κ1) is 19.7. The maximum absolute atomic E-state index is 5.92. The molecule has 0 atom stereocenters. The number of benzene rings is 1. The van der Waals surface area contributed by atoms with Crippen molar-refractivity contribution in [2.75, 3.05) is 40.6 Å². The summed E-state index contributed by atoms with van der Waals surface area (Å²) in [5.41, 5.74) is 6.14. The molecule has 1 aliphatic carbocycles. The molecular formula is C21H22ClN3O4. The first-order chi connectivity index (χ1) is 14.2. The molecule has 0 bridgehead atoms. The van der Waals surface area contributed by atoms with Gasteiger partial charge in [0.15, 0.2) is 11.5 Å². The number of H-pyrrole nitrogens is 1. The summed E-state index contributed by atoms with van der Waals surface area (Å²) in [6.07, 6.45) is 2.48. The molecule has 29 heavy (non-hydrogen) atoms. The normalized spacial score (nSPS) is 12.0. The van der Waals surface area contributed by atoms with Gasteiger partial charge in [0.1, 0.15) is 18.4 Å². The Morgan fingerprint density at radius 1 is 1.00 bits per heavy atom. The van der Waals surface area contributed by atoms with E-state index < -0.39 is 0 Å². The van der Waals surface area contributed by atoms with Crippen molar-refractivity contribution < 1.29 is 18.9 Å². The number of hydrogen-bond acceptors (Lipinski definition) is 6. The third-order valence-electron chi connectivity index (χ3n) is 4.76. The van der Waals surface area contributed by atoms with Gasteiger partial charge in [0, 0.05) is 43.5 Å². The Balaban J connectivity index is 1.66. The van der Waals surface area contributed by atoms with Gasteiger partial charge in [-0.1, -0.05) is 11.6 Å². The largest absolute Gasteiger partial charge is 0.487 e. The molecule has 3 aromatic rings. The highest BCUT2D eigenvalue weighted by molar-refractivity contribution is 6.29. The highest BCUT2D eigenvalue weighted by atomic mass is 35.5. The quantitative estimate of drug-likeness (QED) is 0.331. The van der Waals surface area contributed by atoms with E-state index >= 15 is 0 Å². The molecule has 1 aliphatic rings. The summed E-state index contributed by atoms with van der Waals surface area (Å²) >= 11 is 5.92. The second-order valence-corrected chi connectivity index (χ2v) is 7.00. The van der Waals surface area contributed by atoms with Gasteiger partial charge in [-0.25, -0.2) is 4.98 Å². The number of nitrogens with one attached hydrogen (secondary N) is 1. The third-order valence-corrected chi connectivity index (χ3v) is 4.99. The molecule has 152 valence electrons. The first-order valence-electron chi connectivity index (χ1n) is 9.31. The summed E-state index contributed by atoms with van der Waals surface area (Å²) in [5.74, 6) is 1.37. The fraction of sp³-hybridized carbons (Fsp3) is 0.333.